The van der Waals surface area contributed by atoms with E-state index in [0.29, 0.717) is 13.0 Å². The Morgan fingerprint density at radius 2 is 2.33 bits per heavy atom. The molecule has 0 aliphatic carbocycles. The molecule has 1 unspecified atom stereocenters. The van der Waals surface area contributed by atoms with Crippen LogP contribution in [0.25, 0.3) is 0 Å². The Balaban J connectivity index is 3.20. The Hall–Kier alpha value is -0.610. The maximum absolute atomic E-state index is 10.9. The summed E-state index contributed by atoms with van der Waals surface area (Å²) in [6, 6.07) is 0.171. The number of rotatable bonds is 6. The number of carbonyl (C=O) groups is 1. The highest BCUT2D eigenvalue weighted by Gasteiger charge is 2.01. The van der Waals surface area contributed by atoms with Gasteiger partial charge in [0.2, 0.25) is 5.91 Å². The molecular weight excluding hydrogens is 156 g/mol. The zero-order valence-electron chi connectivity index (χ0n) is 7.80. The van der Waals surface area contributed by atoms with E-state index in [0.717, 1.165) is 12.8 Å². The molecule has 0 aromatic heterocycles. The lowest BCUT2D eigenvalue weighted by Gasteiger charge is -2.05. The minimum atomic E-state index is -0.0718. The second kappa shape index (κ2) is 7.06. The Morgan fingerprint density at radius 1 is 1.67 bits per heavy atom. The van der Waals surface area contributed by atoms with E-state index in [2.05, 4.69) is 5.48 Å². The lowest BCUT2D eigenvalue weighted by atomic mass is 10.1. The first-order valence-electron chi connectivity index (χ1n) is 4.33. The smallest absolute Gasteiger partial charge is 0.243 e. The molecule has 0 spiro atoms. The molecule has 72 valence electrons. The van der Waals surface area contributed by atoms with Crippen LogP contribution in [0.1, 0.15) is 33.1 Å². The lowest BCUT2D eigenvalue weighted by molar-refractivity contribution is -0.133. The third-order valence-electron chi connectivity index (χ3n) is 1.39. The van der Waals surface area contributed by atoms with Crippen LogP contribution in [0.3, 0.4) is 0 Å². The van der Waals surface area contributed by atoms with E-state index in [9.17, 15) is 4.79 Å². The van der Waals surface area contributed by atoms with Gasteiger partial charge in [-0.1, -0.05) is 0 Å². The molecule has 0 aliphatic heterocycles. The zero-order chi connectivity index (χ0) is 9.40. The van der Waals surface area contributed by atoms with Gasteiger partial charge in [0.05, 0.1) is 6.61 Å². The highest BCUT2D eigenvalue weighted by atomic mass is 16.6. The molecule has 0 rings (SSSR count). The summed E-state index contributed by atoms with van der Waals surface area (Å²) in [6.45, 7) is 4.25. The predicted octanol–water partition coefficient (Wildman–Crippen LogP) is 0.572. The first kappa shape index (κ1) is 11.4. The van der Waals surface area contributed by atoms with Crippen molar-refractivity contribution in [2.24, 2.45) is 5.73 Å². The van der Waals surface area contributed by atoms with Crippen LogP contribution < -0.4 is 11.2 Å². The summed E-state index contributed by atoms with van der Waals surface area (Å²) in [6.07, 6.45) is 2.18. The van der Waals surface area contributed by atoms with Gasteiger partial charge >= 0.3 is 0 Å². The normalized spacial score (nSPS) is 12.6. The van der Waals surface area contributed by atoms with Gasteiger partial charge in [-0.3, -0.25) is 9.63 Å². The second-order valence-electron chi connectivity index (χ2n) is 2.83. The lowest BCUT2D eigenvalue weighted by Crippen LogP contribution is -2.24. The molecule has 1 amide bonds. The van der Waals surface area contributed by atoms with Crippen LogP contribution in [0.15, 0.2) is 0 Å². The van der Waals surface area contributed by atoms with Gasteiger partial charge in [-0.15, -0.1) is 0 Å². The van der Waals surface area contributed by atoms with Crippen LogP contribution >= 0.6 is 0 Å². The number of hydroxylamine groups is 1. The summed E-state index contributed by atoms with van der Waals surface area (Å²) in [7, 11) is 0. The van der Waals surface area contributed by atoms with E-state index < -0.39 is 0 Å². The van der Waals surface area contributed by atoms with E-state index in [1.807, 2.05) is 13.8 Å². The van der Waals surface area contributed by atoms with Crippen molar-refractivity contribution in [1.29, 1.82) is 0 Å². The topological polar surface area (TPSA) is 64.3 Å². The quantitative estimate of drug-likeness (QED) is 0.579. The molecule has 0 saturated carbocycles. The van der Waals surface area contributed by atoms with Crippen molar-refractivity contribution >= 4 is 5.91 Å². The van der Waals surface area contributed by atoms with Gasteiger partial charge in [0.15, 0.2) is 0 Å². The summed E-state index contributed by atoms with van der Waals surface area (Å²) < 4.78 is 0. The molecule has 4 nitrogen and oxygen atoms in total. The SMILES string of the molecule is CCONC(=O)CCCC(C)N. The first-order valence-corrected chi connectivity index (χ1v) is 4.33. The number of nitrogens with one attached hydrogen (secondary N) is 1. The monoisotopic (exact) mass is 174 g/mol. The van der Waals surface area contributed by atoms with Crippen LogP contribution in [0.4, 0.5) is 0 Å². The maximum Gasteiger partial charge on any atom is 0.243 e. The molecule has 0 saturated heterocycles. The third kappa shape index (κ3) is 7.50. The van der Waals surface area contributed by atoms with Crippen molar-refractivity contribution in [2.75, 3.05) is 6.61 Å². The van der Waals surface area contributed by atoms with Crippen LogP contribution in [-0.4, -0.2) is 18.6 Å². The van der Waals surface area contributed by atoms with Crippen LogP contribution in [0, 0.1) is 0 Å². The standard InChI is InChI=1S/C8H18N2O2/c1-3-12-10-8(11)6-4-5-7(2)9/h7H,3-6,9H2,1-2H3,(H,10,11). The average molecular weight is 174 g/mol. The minimum Gasteiger partial charge on any atom is -0.328 e. The maximum atomic E-state index is 10.9. The molecule has 3 N–H and O–H groups in total. The number of hydrogen-bond acceptors (Lipinski definition) is 3. The Bertz CT molecular complexity index is 126. The fraction of sp³-hybridized carbons (Fsp3) is 0.875. The van der Waals surface area contributed by atoms with Gasteiger partial charge in [-0.2, -0.15) is 0 Å². The fourth-order valence-electron chi connectivity index (χ4n) is 0.788. The molecule has 0 bridgehead atoms. The summed E-state index contributed by atoms with van der Waals surface area (Å²) in [5.74, 6) is -0.0718. The van der Waals surface area contributed by atoms with Crippen LogP contribution in [0.5, 0.6) is 0 Å². The van der Waals surface area contributed by atoms with Crippen molar-refractivity contribution < 1.29 is 9.63 Å². The fourth-order valence-corrected chi connectivity index (χ4v) is 0.788. The predicted molar refractivity (Wildman–Crippen MR) is 47.3 cm³/mol. The van der Waals surface area contributed by atoms with E-state index in [1.54, 1.807) is 0 Å². The van der Waals surface area contributed by atoms with Crippen molar-refractivity contribution in [3.8, 4) is 0 Å². The molecule has 12 heavy (non-hydrogen) atoms. The summed E-state index contributed by atoms with van der Waals surface area (Å²) >= 11 is 0. The van der Waals surface area contributed by atoms with Gasteiger partial charge < -0.3 is 5.73 Å². The average Bonchev–Trinajstić information content (AvgIpc) is 2.00. The molecular formula is C8H18N2O2. The highest BCUT2D eigenvalue weighted by Crippen LogP contribution is 1.97. The number of nitrogens with two attached hydrogens (primary N) is 1. The summed E-state index contributed by atoms with van der Waals surface area (Å²) in [4.78, 5) is 15.6. The van der Waals surface area contributed by atoms with Gasteiger partial charge in [-0.05, 0) is 26.7 Å². The summed E-state index contributed by atoms with van der Waals surface area (Å²) in [5, 5.41) is 0. The molecule has 1 atom stereocenters. The van der Waals surface area contributed by atoms with E-state index in [1.165, 1.54) is 0 Å². The first-order chi connectivity index (χ1) is 5.66. The molecule has 0 aliphatic rings. The van der Waals surface area contributed by atoms with E-state index in [-0.39, 0.29) is 11.9 Å². The number of hydrogen-bond donors (Lipinski definition) is 2. The zero-order valence-corrected chi connectivity index (χ0v) is 7.80. The minimum absolute atomic E-state index is 0.0718. The van der Waals surface area contributed by atoms with E-state index in [4.69, 9.17) is 10.6 Å². The molecule has 0 heterocycles. The molecule has 4 heteroatoms. The van der Waals surface area contributed by atoms with Crippen molar-refractivity contribution in [3.05, 3.63) is 0 Å². The van der Waals surface area contributed by atoms with Gasteiger partial charge in [0, 0.05) is 12.5 Å². The molecule has 0 aromatic rings. The van der Waals surface area contributed by atoms with Gasteiger partial charge in [0.1, 0.15) is 0 Å². The van der Waals surface area contributed by atoms with Gasteiger partial charge in [0.25, 0.3) is 0 Å². The van der Waals surface area contributed by atoms with Crippen molar-refractivity contribution in [3.63, 3.8) is 0 Å². The van der Waals surface area contributed by atoms with Crippen LogP contribution in [-0.2, 0) is 9.63 Å². The molecule has 0 fully saturated rings. The summed E-state index contributed by atoms with van der Waals surface area (Å²) in [5.41, 5.74) is 7.84. The Kier molecular flexibility index (Phi) is 6.70. The Morgan fingerprint density at radius 3 is 2.83 bits per heavy atom. The van der Waals surface area contributed by atoms with Crippen molar-refractivity contribution in [2.45, 2.75) is 39.2 Å². The van der Waals surface area contributed by atoms with Crippen molar-refractivity contribution in [1.82, 2.24) is 5.48 Å². The molecule has 0 aromatic carbocycles. The Labute approximate surface area is 73.4 Å². The molecule has 0 radical (unpaired) electrons. The number of amides is 1. The third-order valence-corrected chi connectivity index (χ3v) is 1.39. The van der Waals surface area contributed by atoms with E-state index >= 15 is 0 Å². The largest absolute Gasteiger partial charge is 0.328 e. The number of carbonyl (C=O) groups excluding carboxylic acids is 1. The second-order valence-corrected chi connectivity index (χ2v) is 2.83. The van der Waals surface area contributed by atoms with Gasteiger partial charge in [-0.25, -0.2) is 5.48 Å². The highest BCUT2D eigenvalue weighted by molar-refractivity contribution is 5.74. The van der Waals surface area contributed by atoms with Crippen LogP contribution in [0.2, 0.25) is 0 Å².